The molecular weight excluding hydrogens is 350 g/mol. The summed E-state index contributed by atoms with van der Waals surface area (Å²) in [4.78, 5) is 12.4. The first-order valence-corrected chi connectivity index (χ1v) is 9.27. The van der Waals surface area contributed by atoms with E-state index in [0.717, 1.165) is 22.4 Å². The molecule has 3 aromatic carbocycles. The SMILES string of the molecule is COc1cccc([C@H](CNC(=O)Cc2ccc(-c3ccccc3)cc2)OC)c1. The zero-order chi connectivity index (χ0) is 19.8. The number of carbonyl (C=O) groups is 1. The first-order valence-electron chi connectivity index (χ1n) is 9.27. The molecule has 0 saturated heterocycles. The number of benzene rings is 3. The molecule has 0 aliphatic rings. The molecule has 0 aliphatic heterocycles. The van der Waals surface area contributed by atoms with Gasteiger partial charge in [0.05, 0.1) is 19.6 Å². The number of amides is 1. The van der Waals surface area contributed by atoms with Crippen molar-refractivity contribution in [2.45, 2.75) is 12.5 Å². The second-order valence-electron chi connectivity index (χ2n) is 6.54. The van der Waals surface area contributed by atoms with Gasteiger partial charge in [0, 0.05) is 13.7 Å². The van der Waals surface area contributed by atoms with E-state index in [1.807, 2.05) is 66.7 Å². The Labute approximate surface area is 166 Å². The van der Waals surface area contributed by atoms with Crippen molar-refractivity contribution in [2.75, 3.05) is 20.8 Å². The molecule has 4 nitrogen and oxygen atoms in total. The lowest BCUT2D eigenvalue weighted by Gasteiger charge is -2.17. The van der Waals surface area contributed by atoms with Gasteiger partial charge in [-0.2, -0.15) is 0 Å². The van der Waals surface area contributed by atoms with Gasteiger partial charge in [0.15, 0.2) is 0 Å². The average Bonchev–Trinajstić information content (AvgIpc) is 2.75. The van der Waals surface area contributed by atoms with Crippen molar-refractivity contribution >= 4 is 5.91 Å². The van der Waals surface area contributed by atoms with E-state index in [9.17, 15) is 4.79 Å². The van der Waals surface area contributed by atoms with Gasteiger partial charge in [-0.05, 0) is 34.4 Å². The second-order valence-corrected chi connectivity index (χ2v) is 6.54. The molecule has 1 atom stereocenters. The summed E-state index contributed by atoms with van der Waals surface area (Å²) in [5, 5.41) is 2.96. The average molecular weight is 375 g/mol. The fourth-order valence-corrected chi connectivity index (χ4v) is 3.08. The molecule has 0 radical (unpaired) electrons. The summed E-state index contributed by atoms with van der Waals surface area (Å²) in [5.41, 5.74) is 4.25. The Morgan fingerprint density at radius 2 is 1.61 bits per heavy atom. The van der Waals surface area contributed by atoms with E-state index in [4.69, 9.17) is 9.47 Å². The fraction of sp³-hybridized carbons (Fsp3) is 0.208. The lowest BCUT2D eigenvalue weighted by Crippen LogP contribution is -2.30. The normalized spacial score (nSPS) is 11.6. The predicted molar refractivity (Wildman–Crippen MR) is 111 cm³/mol. The Bertz CT molecular complexity index is 891. The van der Waals surface area contributed by atoms with Crippen molar-refractivity contribution in [1.82, 2.24) is 5.32 Å². The van der Waals surface area contributed by atoms with E-state index < -0.39 is 0 Å². The van der Waals surface area contributed by atoms with Crippen molar-refractivity contribution in [1.29, 1.82) is 0 Å². The third-order valence-corrected chi connectivity index (χ3v) is 4.66. The van der Waals surface area contributed by atoms with Gasteiger partial charge >= 0.3 is 0 Å². The van der Waals surface area contributed by atoms with Crippen LogP contribution < -0.4 is 10.1 Å². The molecule has 0 fully saturated rings. The van der Waals surface area contributed by atoms with Crippen LogP contribution in [0, 0.1) is 0 Å². The van der Waals surface area contributed by atoms with Crippen LogP contribution >= 0.6 is 0 Å². The van der Waals surface area contributed by atoms with Gasteiger partial charge in [0.25, 0.3) is 0 Å². The first-order chi connectivity index (χ1) is 13.7. The smallest absolute Gasteiger partial charge is 0.224 e. The molecular formula is C24H25NO3. The van der Waals surface area contributed by atoms with E-state index in [2.05, 4.69) is 17.4 Å². The number of hydrogen-bond acceptors (Lipinski definition) is 3. The molecule has 28 heavy (non-hydrogen) atoms. The van der Waals surface area contributed by atoms with Crippen LogP contribution in [0.2, 0.25) is 0 Å². The Balaban J connectivity index is 1.56. The molecule has 0 saturated carbocycles. The highest BCUT2D eigenvalue weighted by molar-refractivity contribution is 5.79. The van der Waals surface area contributed by atoms with Crippen LogP contribution in [0.25, 0.3) is 11.1 Å². The molecule has 0 spiro atoms. The minimum absolute atomic E-state index is 0.0302. The van der Waals surface area contributed by atoms with Crippen molar-refractivity contribution in [2.24, 2.45) is 0 Å². The predicted octanol–water partition coefficient (Wildman–Crippen LogP) is 4.41. The van der Waals surface area contributed by atoms with Gasteiger partial charge < -0.3 is 14.8 Å². The fourth-order valence-electron chi connectivity index (χ4n) is 3.08. The molecule has 0 unspecified atom stereocenters. The van der Waals surface area contributed by atoms with Crippen LogP contribution in [0.3, 0.4) is 0 Å². The van der Waals surface area contributed by atoms with Crippen LogP contribution in [0.1, 0.15) is 17.2 Å². The monoisotopic (exact) mass is 375 g/mol. The maximum atomic E-state index is 12.4. The Morgan fingerprint density at radius 1 is 0.893 bits per heavy atom. The Hall–Kier alpha value is -3.11. The van der Waals surface area contributed by atoms with Gasteiger partial charge in [-0.15, -0.1) is 0 Å². The third-order valence-electron chi connectivity index (χ3n) is 4.66. The van der Waals surface area contributed by atoms with Crippen LogP contribution in [-0.4, -0.2) is 26.7 Å². The van der Waals surface area contributed by atoms with E-state index in [1.165, 1.54) is 5.56 Å². The van der Waals surface area contributed by atoms with Gasteiger partial charge in [-0.3, -0.25) is 4.79 Å². The minimum atomic E-state index is -0.223. The zero-order valence-electron chi connectivity index (χ0n) is 16.2. The summed E-state index contributed by atoms with van der Waals surface area (Å²) < 4.78 is 10.8. The highest BCUT2D eigenvalue weighted by atomic mass is 16.5. The number of ether oxygens (including phenoxy) is 2. The highest BCUT2D eigenvalue weighted by Crippen LogP contribution is 2.21. The van der Waals surface area contributed by atoms with Crippen LogP contribution in [0.4, 0.5) is 0 Å². The van der Waals surface area contributed by atoms with E-state index >= 15 is 0 Å². The largest absolute Gasteiger partial charge is 0.497 e. The summed E-state index contributed by atoms with van der Waals surface area (Å²) in [7, 11) is 3.27. The van der Waals surface area contributed by atoms with Crippen molar-refractivity contribution in [3.63, 3.8) is 0 Å². The molecule has 4 heteroatoms. The lowest BCUT2D eigenvalue weighted by molar-refractivity contribution is -0.121. The second kappa shape index (κ2) is 9.72. The standard InChI is InChI=1S/C24H25NO3/c1-27-22-10-6-9-21(16-22)23(28-2)17-25-24(26)15-18-11-13-20(14-12-18)19-7-4-3-5-8-19/h3-14,16,23H,15,17H2,1-2H3,(H,25,26)/t23-/m0/s1. The maximum Gasteiger partial charge on any atom is 0.224 e. The molecule has 0 aromatic heterocycles. The van der Waals surface area contributed by atoms with E-state index in [1.54, 1.807) is 14.2 Å². The van der Waals surface area contributed by atoms with Crippen molar-refractivity contribution < 1.29 is 14.3 Å². The van der Waals surface area contributed by atoms with Crippen LogP contribution in [-0.2, 0) is 16.0 Å². The lowest BCUT2D eigenvalue weighted by atomic mass is 10.0. The summed E-state index contributed by atoms with van der Waals surface area (Å²) in [6, 6.07) is 26.0. The molecule has 1 amide bonds. The molecule has 3 rings (SSSR count). The molecule has 3 aromatic rings. The van der Waals surface area contributed by atoms with Gasteiger partial charge in [-0.1, -0.05) is 66.7 Å². The summed E-state index contributed by atoms with van der Waals surface area (Å²) in [6.07, 6.45) is 0.114. The Morgan fingerprint density at radius 3 is 2.29 bits per heavy atom. The third kappa shape index (κ3) is 5.21. The summed E-state index contributed by atoms with van der Waals surface area (Å²) in [5.74, 6) is 0.738. The van der Waals surface area contributed by atoms with Gasteiger partial charge in [-0.25, -0.2) is 0 Å². The van der Waals surface area contributed by atoms with E-state index in [0.29, 0.717) is 13.0 Å². The van der Waals surface area contributed by atoms with Crippen molar-refractivity contribution in [3.05, 3.63) is 90.0 Å². The molecule has 1 N–H and O–H groups in total. The van der Waals surface area contributed by atoms with Crippen LogP contribution in [0.5, 0.6) is 5.75 Å². The molecule has 0 heterocycles. The number of nitrogens with one attached hydrogen (secondary N) is 1. The number of rotatable bonds is 8. The quantitative estimate of drug-likeness (QED) is 0.634. The van der Waals surface area contributed by atoms with Crippen molar-refractivity contribution in [3.8, 4) is 16.9 Å². The summed E-state index contributed by atoms with van der Waals surface area (Å²) in [6.45, 7) is 0.407. The van der Waals surface area contributed by atoms with Gasteiger partial charge in [0.2, 0.25) is 5.91 Å². The molecule has 0 bridgehead atoms. The minimum Gasteiger partial charge on any atom is -0.497 e. The number of methoxy groups -OCH3 is 2. The Kier molecular flexibility index (Phi) is 6.82. The van der Waals surface area contributed by atoms with Gasteiger partial charge in [0.1, 0.15) is 5.75 Å². The first kappa shape index (κ1) is 19.6. The number of hydrogen-bond donors (Lipinski definition) is 1. The summed E-state index contributed by atoms with van der Waals surface area (Å²) >= 11 is 0. The number of carbonyl (C=O) groups excluding carboxylic acids is 1. The highest BCUT2D eigenvalue weighted by Gasteiger charge is 2.13. The van der Waals surface area contributed by atoms with E-state index in [-0.39, 0.29) is 12.0 Å². The maximum absolute atomic E-state index is 12.4. The van der Waals surface area contributed by atoms with Crippen LogP contribution in [0.15, 0.2) is 78.9 Å². The molecule has 0 aliphatic carbocycles. The molecule has 144 valence electrons. The zero-order valence-corrected chi connectivity index (χ0v) is 16.2. The topological polar surface area (TPSA) is 47.6 Å².